The number of carbonyl (C=O) groups is 2. The van der Waals surface area contributed by atoms with Gasteiger partial charge in [0.05, 0.1) is 6.21 Å². The molecule has 0 aliphatic carbocycles. The maximum absolute atomic E-state index is 12.5. The van der Waals surface area contributed by atoms with E-state index in [2.05, 4.69) is 15.1 Å². The van der Waals surface area contributed by atoms with E-state index >= 15 is 0 Å². The summed E-state index contributed by atoms with van der Waals surface area (Å²) < 4.78 is 2.12. The zero-order valence-electron chi connectivity index (χ0n) is 19.1. The highest BCUT2D eigenvalue weighted by Gasteiger charge is 2.31. The second kappa shape index (κ2) is 10.2. The van der Waals surface area contributed by atoms with Gasteiger partial charge in [0.2, 0.25) is 5.91 Å². The number of aromatic nitrogens is 1. The largest absolute Gasteiger partial charge is 0.342 e. The Morgan fingerprint density at radius 3 is 2.60 bits per heavy atom. The molecule has 2 amide bonds. The van der Waals surface area contributed by atoms with Crippen LogP contribution >= 0.6 is 11.6 Å². The van der Waals surface area contributed by atoms with Crippen molar-refractivity contribution in [1.82, 2.24) is 14.9 Å². The molecule has 35 heavy (non-hydrogen) atoms. The Kier molecular flexibility index (Phi) is 6.64. The van der Waals surface area contributed by atoms with E-state index < -0.39 is 0 Å². The van der Waals surface area contributed by atoms with Crippen LogP contribution in [0.15, 0.2) is 90.2 Å². The summed E-state index contributed by atoms with van der Waals surface area (Å²) in [5.41, 5.74) is 6.65. The van der Waals surface area contributed by atoms with Crippen LogP contribution in [-0.2, 0) is 16.1 Å². The minimum atomic E-state index is -0.317. The zero-order valence-corrected chi connectivity index (χ0v) is 19.9. The van der Waals surface area contributed by atoms with Gasteiger partial charge in [-0.05, 0) is 23.3 Å². The summed E-state index contributed by atoms with van der Waals surface area (Å²) in [6.07, 6.45) is 4.06. The second-order valence-electron chi connectivity index (χ2n) is 8.70. The molecule has 176 valence electrons. The molecule has 7 heteroatoms. The van der Waals surface area contributed by atoms with Gasteiger partial charge in [0.15, 0.2) is 0 Å². The number of amides is 2. The normalized spacial score (nSPS) is 15.9. The summed E-state index contributed by atoms with van der Waals surface area (Å²) in [4.78, 5) is 26.5. The van der Waals surface area contributed by atoms with Gasteiger partial charge in [0, 0.05) is 53.1 Å². The fraction of sp³-hybridized carbons (Fsp3) is 0.179. The highest BCUT2D eigenvalue weighted by molar-refractivity contribution is 6.31. The van der Waals surface area contributed by atoms with Crippen molar-refractivity contribution in [3.63, 3.8) is 0 Å². The van der Waals surface area contributed by atoms with Gasteiger partial charge in [0.25, 0.3) is 5.91 Å². The highest BCUT2D eigenvalue weighted by atomic mass is 35.5. The van der Waals surface area contributed by atoms with Crippen molar-refractivity contribution in [2.24, 2.45) is 5.10 Å². The molecule has 1 fully saturated rings. The molecule has 1 aliphatic heterocycles. The van der Waals surface area contributed by atoms with Gasteiger partial charge >= 0.3 is 0 Å². The number of benzene rings is 3. The predicted octanol–water partition coefficient (Wildman–Crippen LogP) is 4.81. The number of hydrogen-bond donors (Lipinski definition) is 1. The van der Waals surface area contributed by atoms with Gasteiger partial charge < -0.3 is 9.47 Å². The molecular weight excluding hydrogens is 460 g/mol. The van der Waals surface area contributed by atoms with Crippen LogP contribution in [0.25, 0.3) is 10.9 Å². The standard InChI is InChI=1S/C28H25ClN4O2/c29-25-12-6-4-10-21(25)16-32-18-23(24-11-5-7-13-26(24)32)15-30-31-27(34)19-33-17-22(14-28(33)35)20-8-2-1-3-9-20/h1-13,15,18,22H,14,16-17,19H2,(H,31,34)/b30-15-/t22-/m0/s1. The quantitative estimate of drug-likeness (QED) is 0.302. The molecule has 1 atom stereocenters. The minimum Gasteiger partial charge on any atom is -0.342 e. The summed E-state index contributed by atoms with van der Waals surface area (Å²) in [6, 6.07) is 25.7. The van der Waals surface area contributed by atoms with E-state index in [-0.39, 0.29) is 24.3 Å². The number of nitrogens with zero attached hydrogens (tertiary/aromatic N) is 3. The lowest BCUT2D eigenvalue weighted by atomic mass is 9.99. The van der Waals surface area contributed by atoms with E-state index in [1.807, 2.05) is 85.1 Å². The van der Waals surface area contributed by atoms with Gasteiger partial charge in [-0.2, -0.15) is 5.10 Å². The molecule has 6 nitrogen and oxygen atoms in total. The third-order valence-electron chi connectivity index (χ3n) is 6.33. The van der Waals surface area contributed by atoms with Crippen molar-refractivity contribution in [1.29, 1.82) is 0 Å². The predicted molar refractivity (Wildman–Crippen MR) is 139 cm³/mol. The van der Waals surface area contributed by atoms with Crippen LogP contribution in [0.1, 0.15) is 29.0 Å². The van der Waals surface area contributed by atoms with Crippen molar-refractivity contribution in [2.45, 2.75) is 18.9 Å². The Morgan fingerprint density at radius 1 is 1.03 bits per heavy atom. The number of nitrogens with one attached hydrogen (secondary N) is 1. The van der Waals surface area contributed by atoms with Gasteiger partial charge in [-0.15, -0.1) is 0 Å². The van der Waals surface area contributed by atoms with Crippen LogP contribution in [-0.4, -0.2) is 40.6 Å². The van der Waals surface area contributed by atoms with Crippen LogP contribution < -0.4 is 5.43 Å². The maximum atomic E-state index is 12.5. The molecule has 1 N–H and O–H groups in total. The van der Waals surface area contributed by atoms with E-state index in [1.165, 1.54) is 0 Å². The van der Waals surface area contributed by atoms with E-state index in [9.17, 15) is 9.59 Å². The Balaban J connectivity index is 1.24. The number of carbonyl (C=O) groups excluding carboxylic acids is 2. The number of hydrazone groups is 1. The van der Waals surface area contributed by atoms with E-state index in [1.54, 1.807) is 11.1 Å². The molecule has 0 bridgehead atoms. The topological polar surface area (TPSA) is 66.7 Å². The number of para-hydroxylation sites is 1. The zero-order chi connectivity index (χ0) is 24.2. The molecular formula is C28H25ClN4O2. The SMILES string of the molecule is O=C(CN1C[C@@H](c2ccccc2)CC1=O)N/N=C\c1cn(Cc2ccccc2Cl)c2ccccc12. The number of rotatable bonds is 7. The molecule has 1 aliphatic rings. The lowest BCUT2D eigenvalue weighted by Gasteiger charge is -2.15. The summed E-state index contributed by atoms with van der Waals surface area (Å²) in [7, 11) is 0. The van der Waals surface area contributed by atoms with Crippen molar-refractivity contribution < 1.29 is 9.59 Å². The number of fused-ring (bicyclic) bond motifs is 1. The fourth-order valence-electron chi connectivity index (χ4n) is 4.58. The lowest BCUT2D eigenvalue weighted by molar-refractivity contribution is -0.133. The Morgan fingerprint density at radius 2 is 1.77 bits per heavy atom. The lowest BCUT2D eigenvalue weighted by Crippen LogP contribution is -2.36. The van der Waals surface area contributed by atoms with Crippen molar-refractivity contribution >= 4 is 40.5 Å². The number of likely N-dealkylation sites (tertiary alicyclic amines) is 1. The molecule has 4 aromatic rings. The van der Waals surface area contributed by atoms with Crippen LogP contribution in [0.2, 0.25) is 5.02 Å². The van der Waals surface area contributed by atoms with Crippen molar-refractivity contribution in [2.75, 3.05) is 13.1 Å². The van der Waals surface area contributed by atoms with Crippen molar-refractivity contribution in [3.8, 4) is 0 Å². The average molecular weight is 485 g/mol. The molecule has 1 aromatic heterocycles. The number of halogens is 1. The van der Waals surface area contributed by atoms with Crippen LogP contribution in [0.4, 0.5) is 0 Å². The van der Waals surface area contributed by atoms with E-state index in [0.717, 1.165) is 32.6 Å². The first kappa shape index (κ1) is 22.9. The van der Waals surface area contributed by atoms with Gasteiger partial charge in [0.1, 0.15) is 6.54 Å². The van der Waals surface area contributed by atoms with Gasteiger partial charge in [-0.3, -0.25) is 9.59 Å². The summed E-state index contributed by atoms with van der Waals surface area (Å²) in [6.45, 7) is 1.16. The number of hydrogen-bond acceptors (Lipinski definition) is 3. The van der Waals surface area contributed by atoms with Gasteiger partial charge in [-0.25, -0.2) is 5.43 Å². The maximum Gasteiger partial charge on any atom is 0.259 e. The molecule has 0 unspecified atom stereocenters. The molecule has 2 heterocycles. The molecule has 5 rings (SSSR count). The summed E-state index contributed by atoms with van der Waals surface area (Å²) in [5.74, 6) is -0.215. The van der Waals surface area contributed by atoms with E-state index in [4.69, 9.17) is 11.6 Å². The first-order chi connectivity index (χ1) is 17.1. The molecule has 0 spiro atoms. The van der Waals surface area contributed by atoms with Crippen molar-refractivity contribution in [3.05, 3.63) is 107 Å². The average Bonchev–Trinajstić information content (AvgIpc) is 3.41. The molecule has 3 aromatic carbocycles. The molecule has 0 saturated carbocycles. The molecule has 0 radical (unpaired) electrons. The third-order valence-corrected chi connectivity index (χ3v) is 6.70. The Labute approximate surface area is 208 Å². The third kappa shape index (κ3) is 5.12. The first-order valence-electron chi connectivity index (χ1n) is 11.5. The summed E-state index contributed by atoms with van der Waals surface area (Å²) >= 11 is 6.36. The fourth-order valence-corrected chi connectivity index (χ4v) is 4.77. The van der Waals surface area contributed by atoms with Crippen LogP contribution in [0.3, 0.4) is 0 Å². The van der Waals surface area contributed by atoms with Crippen LogP contribution in [0, 0.1) is 0 Å². The van der Waals surface area contributed by atoms with Crippen LogP contribution in [0.5, 0.6) is 0 Å². The molecule has 1 saturated heterocycles. The van der Waals surface area contributed by atoms with Gasteiger partial charge in [-0.1, -0.05) is 78.3 Å². The first-order valence-corrected chi connectivity index (χ1v) is 11.9. The second-order valence-corrected chi connectivity index (χ2v) is 9.11. The Hall–Kier alpha value is -3.90. The highest BCUT2D eigenvalue weighted by Crippen LogP contribution is 2.27. The minimum absolute atomic E-state index is 0.00618. The summed E-state index contributed by atoms with van der Waals surface area (Å²) in [5, 5.41) is 5.92. The van der Waals surface area contributed by atoms with E-state index in [0.29, 0.717) is 19.5 Å². The monoisotopic (exact) mass is 484 g/mol. The Bertz CT molecular complexity index is 1400. The smallest absolute Gasteiger partial charge is 0.259 e.